The van der Waals surface area contributed by atoms with E-state index in [1.165, 1.54) is 10.7 Å². The molecule has 1 N–H and O–H groups in total. The first-order valence-corrected chi connectivity index (χ1v) is 6.26. The number of fused-ring (bicyclic) bond motifs is 1. The molecule has 0 saturated heterocycles. The Bertz CT molecular complexity index is 803. The molecule has 100 valence electrons. The van der Waals surface area contributed by atoms with Crippen molar-refractivity contribution in [2.75, 3.05) is 5.32 Å². The molecule has 0 fully saturated rings. The van der Waals surface area contributed by atoms with Crippen LogP contribution >= 0.6 is 0 Å². The monoisotopic (exact) mass is 267 g/mol. The largest absolute Gasteiger partial charge is 0.320 e. The molecule has 0 aliphatic carbocycles. The summed E-state index contributed by atoms with van der Waals surface area (Å²) in [6.45, 7) is 3.64. The number of benzene rings is 1. The van der Waals surface area contributed by atoms with E-state index < -0.39 is 0 Å². The van der Waals surface area contributed by atoms with Crippen molar-refractivity contribution < 1.29 is 4.79 Å². The average Bonchev–Trinajstić information content (AvgIpc) is 2.69. The molecule has 5 nitrogen and oxygen atoms in total. The van der Waals surface area contributed by atoms with Crippen LogP contribution in [0.4, 0.5) is 5.69 Å². The molecule has 1 aliphatic heterocycles. The van der Waals surface area contributed by atoms with E-state index in [1.807, 2.05) is 25.1 Å². The number of nitrogens with zero attached hydrogens (tertiary/aromatic N) is 2. The van der Waals surface area contributed by atoms with Crippen molar-refractivity contribution in [3.05, 3.63) is 63.6 Å². The Morgan fingerprint density at radius 3 is 2.60 bits per heavy atom. The Kier molecular flexibility index (Phi) is 2.75. The highest BCUT2D eigenvalue weighted by Gasteiger charge is 2.26. The van der Waals surface area contributed by atoms with Gasteiger partial charge in [-0.15, -0.1) is 0 Å². The summed E-state index contributed by atoms with van der Waals surface area (Å²) in [6.07, 6.45) is 0. The minimum absolute atomic E-state index is 0.243. The summed E-state index contributed by atoms with van der Waals surface area (Å²) in [5, 5.41) is 6.96. The molecule has 0 spiro atoms. The van der Waals surface area contributed by atoms with Crippen molar-refractivity contribution in [3.8, 4) is 0 Å². The number of para-hydroxylation sites is 1. The van der Waals surface area contributed by atoms with E-state index in [4.69, 9.17) is 0 Å². The molecule has 20 heavy (non-hydrogen) atoms. The van der Waals surface area contributed by atoms with E-state index in [2.05, 4.69) is 10.4 Å². The molecule has 1 aromatic carbocycles. The lowest BCUT2D eigenvalue weighted by Crippen LogP contribution is -2.23. The van der Waals surface area contributed by atoms with Crippen molar-refractivity contribution in [2.45, 2.75) is 13.8 Å². The Morgan fingerprint density at radius 2 is 1.85 bits per heavy atom. The zero-order valence-electron chi connectivity index (χ0n) is 11.2. The third kappa shape index (κ3) is 1.93. The van der Waals surface area contributed by atoms with Crippen LogP contribution < -0.4 is 10.9 Å². The number of aryl methyl sites for hydroxylation is 2. The van der Waals surface area contributed by atoms with Gasteiger partial charge in [-0.2, -0.15) is 5.10 Å². The number of amides is 1. The van der Waals surface area contributed by atoms with Crippen molar-refractivity contribution in [3.63, 3.8) is 0 Å². The molecule has 2 aromatic rings. The smallest absolute Gasteiger partial charge is 0.276 e. The van der Waals surface area contributed by atoms with Gasteiger partial charge < -0.3 is 5.32 Å². The van der Waals surface area contributed by atoms with Crippen molar-refractivity contribution in [1.29, 1.82) is 0 Å². The highest BCUT2D eigenvalue weighted by atomic mass is 16.2. The van der Waals surface area contributed by atoms with Gasteiger partial charge in [0.1, 0.15) is 0 Å². The van der Waals surface area contributed by atoms with Crippen LogP contribution in [-0.2, 0) is 4.79 Å². The fourth-order valence-corrected chi connectivity index (χ4v) is 2.29. The van der Waals surface area contributed by atoms with Gasteiger partial charge >= 0.3 is 0 Å². The molecular formula is C15H13N3O2. The van der Waals surface area contributed by atoms with Gasteiger partial charge in [-0.25, -0.2) is 4.68 Å². The second-order valence-electron chi connectivity index (χ2n) is 4.77. The van der Waals surface area contributed by atoms with Gasteiger partial charge in [0.25, 0.3) is 11.5 Å². The van der Waals surface area contributed by atoms with Crippen LogP contribution in [0.5, 0.6) is 0 Å². The van der Waals surface area contributed by atoms with Crippen molar-refractivity contribution in [2.24, 2.45) is 5.10 Å². The third-order valence-electron chi connectivity index (χ3n) is 3.18. The van der Waals surface area contributed by atoms with E-state index in [9.17, 15) is 9.59 Å². The Balaban J connectivity index is 2.19. The van der Waals surface area contributed by atoms with Gasteiger partial charge in [0.15, 0.2) is 5.71 Å². The minimum atomic E-state index is -0.293. The van der Waals surface area contributed by atoms with Gasteiger partial charge in [-0.1, -0.05) is 18.2 Å². The molecule has 0 saturated carbocycles. The van der Waals surface area contributed by atoms with E-state index in [-0.39, 0.29) is 17.2 Å². The van der Waals surface area contributed by atoms with E-state index in [0.717, 1.165) is 5.56 Å². The zero-order chi connectivity index (χ0) is 14.3. The molecule has 1 aromatic heterocycles. The number of rotatable bonds is 1. The molecule has 3 rings (SSSR count). The summed E-state index contributed by atoms with van der Waals surface area (Å²) in [6, 6.07) is 10.6. The zero-order valence-corrected chi connectivity index (χ0v) is 11.2. The predicted molar refractivity (Wildman–Crippen MR) is 77.2 cm³/mol. The lowest BCUT2D eigenvalue weighted by atomic mass is 10.1. The molecule has 0 radical (unpaired) electrons. The second-order valence-corrected chi connectivity index (χ2v) is 4.77. The highest BCUT2D eigenvalue weighted by molar-refractivity contribution is 6.53. The number of hydrogen-bond acceptors (Lipinski definition) is 3. The first-order chi connectivity index (χ1) is 9.56. The number of aromatic nitrogens is 1. The van der Waals surface area contributed by atoms with E-state index >= 15 is 0 Å². The molecule has 0 atom stereocenters. The molecule has 1 aliphatic rings. The molecule has 0 bridgehead atoms. The summed E-state index contributed by atoms with van der Waals surface area (Å²) in [7, 11) is 0. The molecule has 2 heterocycles. The maximum absolute atomic E-state index is 12.0. The van der Waals surface area contributed by atoms with E-state index in [0.29, 0.717) is 16.9 Å². The van der Waals surface area contributed by atoms with Gasteiger partial charge in [0.05, 0.1) is 5.69 Å². The number of carbonyl (C=O) groups is 1. The van der Waals surface area contributed by atoms with Gasteiger partial charge in [-0.05, 0) is 31.5 Å². The maximum atomic E-state index is 12.0. The fourth-order valence-electron chi connectivity index (χ4n) is 2.29. The third-order valence-corrected chi connectivity index (χ3v) is 3.18. The molecule has 1 amide bonds. The van der Waals surface area contributed by atoms with Crippen LogP contribution in [0.25, 0.3) is 0 Å². The van der Waals surface area contributed by atoms with Crippen LogP contribution in [0, 0.1) is 13.8 Å². The Labute approximate surface area is 115 Å². The second kappa shape index (κ2) is 4.45. The summed E-state index contributed by atoms with van der Waals surface area (Å²) in [5.41, 5.74) is 3.01. The van der Waals surface area contributed by atoms with Crippen molar-refractivity contribution >= 4 is 17.3 Å². The normalized spacial score (nSPS) is 15.3. The molecular weight excluding hydrogens is 254 g/mol. The SMILES string of the molecule is Cc1cc(C)n(N=C2C(=O)Nc3ccccc32)c(=O)c1. The minimum Gasteiger partial charge on any atom is -0.320 e. The quantitative estimate of drug-likeness (QED) is 0.854. The van der Waals surface area contributed by atoms with Crippen LogP contribution in [0.2, 0.25) is 0 Å². The summed E-state index contributed by atoms with van der Waals surface area (Å²) >= 11 is 0. The van der Waals surface area contributed by atoms with E-state index in [1.54, 1.807) is 19.1 Å². The summed E-state index contributed by atoms with van der Waals surface area (Å²) < 4.78 is 1.25. The van der Waals surface area contributed by atoms with Crippen molar-refractivity contribution in [1.82, 2.24) is 4.68 Å². The number of hydrogen-bond donors (Lipinski definition) is 1. The first-order valence-electron chi connectivity index (χ1n) is 6.26. The van der Waals surface area contributed by atoms with Gasteiger partial charge in [-0.3, -0.25) is 9.59 Å². The number of anilines is 1. The lowest BCUT2D eigenvalue weighted by Gasteiger charge is -2.05. The van der Waals surface area contributed by atoms with Crippen LogP contribution in [-0.4, -0.2) is 16.3 Å². The van der Waals surface area contributed by atoms with Crippen LogP contribution in [0.1, 0.15) is 16.8 Å². The Hall–Kier alpha value is -2.69. The predicted octanol–water partition coefficient (Wildman–Crippen LogP) is 1.67. The average molecular weight is 267 g/mol. The maximum Gasteiger partial charge on any atom is 0.276 e. The van der Waals surface area contributed by atoms with Gasteiger partial charge in [0.2, 0.25) is 0 Å². The van der Waals surface area contributed by atoms with Gasteiger partial charge in [0, 0.05) is 17.3 Å². The van der Waals surface area contributed by atoms with Crippen LogP contribution in [0.15, 0.2) is 46.3 Å². The highest BCUT2D eigenvalue weighted by Crippen LogP contribution is 2.22. The standard InChI is InChI=1S/C15H13N3O2/c1-9-7-10(2)18(13(19)8-9)17-14-11-5-3-4-6-12(11)16-15(14)20/h3-8H,1-2H3,(H,16,17,20). The Morgan fingerprint density at radius 1 is 1.10 bits per heavy atom. The summed E-state index contributed by atoms with van der Waals surface area (Å²) in [4.78, 5) is 24.0. The number of nitrogens with one attached hydrogen (secondary N) is 1. The fraction of sp³-hybridized carbons (Fsp3) is 0.133. The number of pyridine rings is 1. The molecule has 5 heteroatoms. The summed E-state index contributed by atoms with van der Waals surface area (Å²) in [5.74, 6) is -0.293. The van der Waals surface area contributed by atoms with Crippen LogP contribution in [0.3, 0.4) is 0 Å². The first kappa shape index (κ1) is 12.3. The number of carbonyl (C=O) groups excluding carboxylic acids is 1. The topological polar surface area (TPSA) is 63.5 Å². The lowest BCUT2D eigenvalue weighted by molar-refractivity contribution is -0.110. The molecule has 0 unspecified atom stereocenters.